The zero-order chi connectivity index (χ0) is 14.5. The van der Waals surface area contributed by atoms with Crippen LogP contribution < -0.4 is 10.5 Å². The van der Waals surface area contributed by atoms with Crippen LogP contribution in [0.15, 0.2) is 35.5 Å². The van der Waals surface area contributed by atoms with Crippen molar-refractivity contribution < 1.29 is 9.13 Å². The summed E-state index contributed by atoms with van der Waals surface area (Å²) in [7, 11) is 0. The molecule has 5 heteroatoms. The van der Waals surface area contributed by atoms with Crippen molar-refractivity contribution >= 4 is 11.3 Å². The second kappa shape index (κ2) is 6.63. The van der Waals surface area contributed by atoms with Gasteiger partial charge >= 0.3 is 0 Å². The van der Waals surface area contributed by atoms with Gasteiger partial charge in [0.05, 0.1) is 10.7 Å². The van der Waals surface area contributed by atoms with Crippen LogP contribution in [0.25, 0.3) is 11.3 Å². The number of nitrogens with two attached hydrogens (primary N) is 1. The van der Waals surface area contributed by atoms with Crippen molar-refractivity contribution in [1.29, 1.82) is 0 Å². The van der Waals surface area contributed by atoms with E-state index in [0.29, 0.717) is 5.75 Å². The molecule has 0 saturated carbocycles. The maximum absolute atomic E-state index is 13.2. The van der Waals surface area contributed by atoms with Crippen molar-refractivity contribution in [3.8, 4) is 17.0 Å². The van der Waals surface area contributed by atoms with Gasteiger partial charge in [0.1, 0.15) is 18.2 Å². The van der Waals surface area contributed by atoms with Crippen LogP contribution in [-0.4, -0.2) is 18.1 Å². The van der Waals surface area contributed by atoms with Gasteiger partial charge in [-0.1, -0.05) is 0 Å². The Morgan fingerprint density at radius 3 is 2.85 bits per heavy atom. The molecule has 0 atom stereocenters. The molecule has 1 aromatic heterocycles. The summed E-state index contributed by atoms with van der Waals surface area (Å²) >= 11 is 1.62. The monoisotopic (exact) mass is 292 g/mol. The van der Waals surface area contributed by atoms with Gasteiger partial charge in [0.15, 0.2) is 0 Å². The van der Waals surface area contributed by atoms with Gasteiger partial charge in [0.2, 0.25) is 0 Å². The van der Waals surface area contributed by atoms with Crippen LogP contribution in [0, 0.1) is 13.8 Å². The Hall–Kier alpha value is -1.72. The van der Waals surface area contributed by atoms with Gasteiger partial charge in [-0.25, -0.2) is 9.37 Å². The van der Waals surface area contributed by atoms with E-state index in [1.165, 1.54) is 6.08 Å². The third kappa shape index (κ3) is 3.65. The lowest BCUT2D eigenvalue weighted by Crippen LogP contribution is -2.01. The molecular weight excluding hydrogens is 275 g/mol. The molecule has 0 aliphatic rings. The van der Waals surface area contributed by atoms with E-state index in [2.05, 4.69) is 4.98 Å². The first-order chi connectivity index (χ1) is 9.60. The quantitative estimate of drug-likeness (QED) is 0.915. The molecule has 0 unspecified atom stereocenters. The van der Waals surface area contributed by atoms with Crippen LogP contribution in [0.3, 0.4) is 0 Å². The van der Waals surface area contributed by atoms with Gasteiger partial charge in [-0.05, 0) is 43.7 Å². The fraction of sp³-hybridized carbons (Fsp3) is 0.267. The van der Waals surface area contributed by atoms with Crippen LogP contribution in [0.2, 0.25) is 0 Å². The SMILES string of the molecule is Cc1nc(-c2ccc(OC/C(F)=C/CN)cc2C)cs1. The van der Waals surface area contributed by atoms with E-state index in [-0.39, 0.29) is 19.0 Å². The Morgan fingerprint density at radius 2 is 2.25 bits per heavy atom. The number of thiazole rings is 1. The van der Waals surface area contributed by atoms with Crippen LogP contribution >= 0.6 is 11.3 Å². The standard InChI is InChI=1S/C15H17FN2OS/c1-10-7-13(19-8-12(16)5-6-17)3-4-14(10)15-9-20-11(2)18-15/h3-5,7,9H,6,8,17H2,1-2H3/b12-5-. The number of nitrogens with zero attached hydrogens (tertiary/aromatic N) is 1. The molecule has 3 nitrogen and oxygen atoms in total. The minimum atomic E-state index is -0.357. The molecule has 0 aliphatic carbocycles. The van der Waals surface area contributed by atoms with Crippen molar-refractivity contribution in [2.45, 2.75) is 13.8 Å². The zero-order valence-corrected chi connectivity index (χ0v) is 12.3. The summed E-state index contributed by atoms with van der Waals surface area (Å²) in [4.78, 5) is 4.46. The number of aromatic nitrogens is 1. The van der Waals surface area contributed by atoms with Crippen LogP contribution in [0.4, 0.5) is 4.39 Å². The first-order valence-electron chi connectivity index (χ1n) is 6.30. The van der Waals surface area contributed by atoms with E-state index in [1.807, 2.05) is 37.4 Å². The largest absolute Gasteiger partial charge is 0.487 e. The number of aryl methyl sites for hydroxylation is 2. The summed E-state index contributed by atoms with van der Waals surface area (Å²) < 4.78 is 18.6. The van der Waals surface area contributed by atoms with Crippen molar-refractivity contribution in [2.24, 2.45) is 5.73 Å². The smallest absolute Gasteiger partial charge is 0.139 e. The van der Waals surface area contributed by atoms with Crippen molar-refractivity contribution in [2.75, 3.05) is 13.2 Å². The summed E-state index contributed by atoms with van der Waals surface area (Å²) in [5.74, 6) is 0.281. The number of benzene rings is 1. The topological polar surface area (TPSA) is 48.1 Å². The molecule has 0 bridgehead atoms. The molecule has 0 aliphatic heterocycles. The predicted molar refractivity (Wildman–Crippen MR) is 80.8 cm³/mol. The average Bonchev–Trinajstić information content (AvgIpc) is 2.83. The molecule has 0 saturated heterocycles. The van der Waals surface area contributed by atoms with E-state index in [9.17, 15) is 4.39 Å². The molecule has 0 radical (unpaired) electrons. The maximum atomic E-state index is 13.2. The highest BCUT2D eigenvalue weighted by Gasteiger charge is 2.07. The van der Waals surface area contributed by atoms with E-state index in [0.717, 1.165) is 21.8 Å². The fourth-order valence-corrected chi connectivity index (χ4v) is 2.45. The van der Waals surface area contributed by atoms with Gasteiger partial charge in [-0.3, -0.25) is 0 Å². The van der Waals surface area contributed by atoms with E-state index >= 15 is 0 Å². The van der Waals surface area contributed by atoms with Gasteiger partial charge in [-0.15, -0.1) is 11.3 Å². The first kappa shape index (κ1) is 14.7. The lowest BCUT2D eigenvalue weighted by Gasteiger charge is -2.08. The summed E-state index contributed by atoms with van der Waals surface area (Å²) in [5, 5.41) is 3.07. The molecule has 0 fully saturated rings. The minimum Gasteiger partial charge on any atom is -0.487 e. The molecular formula is C15H17FN2OS. The first-order valence-corrected chi connectivity index (χ1v) is 7.18. The zero-order valence-electron chi connectivity index (χ0n) is 11.5. The number of rotatable bonds is 5. The summed E-state index contributed by atoms with van der Waals surface area (Å²) in [6.45, 7) is 4.05. The third-order valence-corrected chi connectivity index (χ3v) is 3.58. The highest BCUT2D eigenvalue weighted by atomic mass is 32.1. The Bertz CT molecular complexity index is 622. The van der Waals surface area contributed by atoms with Gasteiger partial charge < -0.3 is 10.5 Å². The molecule has 0 spiro atoms. The normalized spacial score (nSPS) is 11.7. The van der Waals surface area contributed by atoms with E-state index in [1.54, 1.807) is 11.3 Å². The van der Waals surface area contributed by atoms with Gasteiger partial charge in [0.25, 0.3) is 0 Å². The molecule has 2 aromatic rings. The number of hydrogen-bond donors (Lipinski definition) is 1. The maximum Gasteiger partial charge on any atom is 0.139 e. The molecule has 1 heterocycles. The third-order valence-electron chi connectivity index (χ3n) is 2.81. The molecule has 2 N–H and O–H groups in total. The number of halogens is 1. The highest BCUT2D eigenvalue weighted by molar-refractivity contribution is 7.09. The van der Waals surface area contributed by atoms with E-state index < -0.39 is 0 Å². The Morgan fingerprint density at radius 1 is 1.45 bits per heavy atom. The van der Waals surface area contributed by atoms with Crippen molar-refractivity contribution in [3.63, 3.8) is 0 Å². The lowest BCUT2D eigenvalue weighted by atomic mass is 10.1. The van der Waals surface area contributed by atoms with Crippen LogP contribution in [0.1, 0.15) is 10.6 Å². The summed E-state index contributed by atoms with van der Waals surface area (Å²) in [5.41, 5.74) is 8.32. The van der Waals surface area contributed by atoms with Crippen molar-refractivity contribution in [3.05, 3.63) is 46.1 Å². The predicted octanol–water partition coefficient (Wildman–Crippen LogP) is 3.62. The highest BCUT2D eigenvalue weighted by Crippen LogP contribution is 2.28. The minimum absolute atomic E-state index is 0.0915. The molecule has 2 rings (SSSR count). The average molecular weight is 292 g/mol. The van der Waals surface area contributed by atoms with Crippen molar-refractivity contribution in [1.82, 2.24) is 4.98 Å². The fourth-order valence-electron chi connectivity index (χ4n) is 1.84. The summed E-state index contributed by atoms with van der Waals surface area (Å²) in [6.07, 6.45) is 1.30. The van der Waals surface area contributed by atoms with Gasteiger partial charge in [0, 0.05) is 17.5 Å². The molecule has 106 valence electrons. The lowest BCUT2D eigenvalue weighted by molar-refractivity contribution is 0.318. The van der Waals surface area contributed by atoms with Crippen LogP contribution in [-0.2, 0) is 0 Å². The molecule has 20 heavy (non-hydrogen) atoms. The van der Waals surface area contributed by atoms with Gasteiger partial charge in [-0.2, -0.15) is 0 Å². The van der Waals surface area contributed by atoms with E-state index in [4.69, 9.17) is 10.5 Å². The summed E-state index contributed by atoms with van der Waals surface area (Å²) in [6, 6.07) is 5.66. The Labute approximate surface area is 121 Å². The number of ether oxygens (including phenoxy) is 1. The second-order valence-corrected chi connectivity index (χ2v) is 5.47. The molecule has 0 amide bonds. The Balaban J connectivity index is 2.12. The molecule has 1 aromatic carbocycles. The van der Waals surface area contributed by atoms with Crippen LogP contribution in [0.5, 0.6) is 5.75 Å². The Kier molecular flexibility index (Phi) is 4.87. The number of hydrogen-bond acceptors (Lipinski definition) is 4. The second-order valence-electron chi connectivity index (χ2n) is 4.40.